The lowest BCUT2D eigenvalue weighted by Gasteiger charge is -2.22. The molecule has 1 fully saturated rings. The van der Waals surface area contributed by atoms with E-state index in [1.54, 1.807) is 18.4 Å². The quantitative estimate of drug-likeness (QED) is 0.844. The lowest BCUT2D eigenvalue weighted by molar-refractivity contribution is 0.0954. The molecule has 0 spiro atoms. The van der Waals surface area contributed by atoms with Crippen molar-refractivity contribution in [2.45, 2.75) is 26.2 Å². The van der Waals surface area contributed by atoms with Gasteiger partial charge in [0, 0.05) is 11.2 Å². The van der Waals surface area contributed by atoms with Crippen LogP contribution in [0, 0.1) is 12.8 Å². The zero-order chi connectivity index (χ0) is 16.2. The molecule has 6 heteroatoms. The van der Waals surface area contributed by atoms with Crippen LogP contribution in [0.1, 0.15) is 34.5 Å². The van der Waals surface area contributed by atoms with E-state index in [0.29, 0.717) is 5.92 Å². The van der Waals surface area contributed by atoms with Crippen molar-refractivity contribution in [3.8, 4) is 5.75 Å². The molecule has 24 heavy (non-hydrogen) atoms. The van der Waals surface area contributed by atoms with Gasteiger partial charge < -0.3 is 15.4 Å². The number of ether oxygens (including phenoxy) is 1. The minimum atomic E-state index is 0. The fourth-order valence-electron chi connectivity index (χ4n) is 3.18. The monoisotopic (exact) mass is 368 g/mol. The number of carbonyl (C=O) groups is 1. The summed E-state index contributed by atoms with van der Waals surface area (Å²) in [6.45, 7) is 4.98. The molecule has 0 aliphatic carbocycles. The molecule has 132 valence electrons. The Morgan fingerprint density at radius 1 is 1.46 bits per heavy atom. The number of carbonyl (C=O) groups excluding carboxylic acids is 1. The zero-order valence-corrected chi connectivity index (χ0v) is 15.8. The Bertz CT molecular complexity index is 696. The molecule has 1 unspecified atom stereocenters. The fourth-order valence-corrected chi connectivity index (χ4v) is 4.29. The van der Waals surface area contributed by atoms with Crippen molar-refractivity contribution in [3.05, 3.63) is 28.6 Å². The number of halogens is 1. The van der Waals surface area contributed by atoms with Crippen molar-refractivity contribution >= 4 is 39.7 Å². The molecular weight excluding hydrogens is 344 g/mol. The highest BCUT2D eigenvalue weighted by Crippen LogP contribution is 2.33. The fraction of sp³-hybridized carbons (Fsp3) is 0.500. The van der Waals surface area contributed by atoms with Crippen LogP contribution in [-0.2, 0) is 0 Å². The molecule has 0 saturated carbocycles. The smallest absolute Gasteiger partial charge is 0.261 e. The van der Waals surface area contributed by atoms with Crippen molar-refractivity contribution in [2.75, 3.05) is 26.7 Å². The maximum Gasteiger partial charge on any atom is 0.261 e. The third kappa shape index (κ3) is 4.21. The van der Waals surface area contributed by atoms with Crippen molar-refractivity contribution in [1.29, 1.82) is 0 Å². The van der Waals surface area contributed by atoms with E-state index in [1.807, 2.05) is 25.1 Å². The largest absolute Gasteiger partial charge is 0.497 e. The second-order valence-corrected chi connectivity index (χ2v) is 7.23. The highest BCUT2D eigenvalue weighted by molar-refractivity contribution is 7.21. The number of benzene rings is 1. The van der Waals surface area contributed by atoms with Gasteiger partial charge in [-0.15, -0.1) is 23.7 Å². The van der Waals surface area contributed by atoms with E-state index in [4.69, 9.17) is 4.74 Å². The van der Waals surface area contributed by atoms with E-state index in [-0.39, 0.29) is 18.3 Å². The van der Waals surface area contributed by atoms with E-state index >= 15 is 0 Å². The van der Waals surface area contributed by atoms with Gasteiger partial charge in [-0.05, 0) is 74.3 Å². The average molecular weight is 369 g/mol. The second-order valence-electron chi connectivity index (χ2n) is 6.18. The summed E-state index contributed by atoms with van der Waals surface area (Å²) < 4.78 is 6.41. The van der Waals surface area contributed by atoms with Crippen molar-refractivity contribution in [1.82, 2.24) is 10.6 Å². The predicted octanol–water partition coefficient (Wildman–Crippen LogP) is 3.76. The third-order valence-electron chi connectivity index (χ3n) is 4.59. The molecular formula is C18H25ClN2O2S. The molecule has 0 bridgehead atoms. The Kier molecular flexibility index (Phi) is 6.90. The maximum atomic E-state index is 12.5. The summed E-state index contributed by atoms with van der Waals surface area (Å²) in [6.07, 6.45) is 3.57. The number of hydrogen-bond acceptors (Lipinski definition) is 4. The number of methoxy groups -OCH3 is 1. The van der Waals surface area contributed by atoms with Gasteiger partial charge in [0.15, 0.2) is 0 Å². The van der Waals surface area contributed by atoms with E-state index in [2.05, 4.69) is 10.6 Å². The molecule has 1 atom stereocenters. The summed E-state index contributed by atoms with van der Waals surface area (Å²) >= 11 is 1.56. The second kappa shape index (κ2) is 8.70. The predicted molar refractivity (Wildman–Crippen MR) is 103 cm³/mol. The molecule has 1 aliphatic heterocycles. The number of nitrogens with one attached hydrogen (secondary N) is 2. The molecule has 1 aliphatic rings. The summed E-state index contributed by atoms with van der Waals surface area (Å²) in [5, 5.41) is 7.62. The summed E-state index contributed by atoms with van der Waals surface area (Å²) in [4.78, 5) is 13.3. The van der Waals surface area contributed by atoms with E-state index < -0.39 is 0 Å². The normalized spacial score (nSPS) is 17.3. The van der Waals surface area contributed by atoms with Crippen LogP contribution in [0.3, 0.4) is 0 Å². The van der Waals surface area contributed by atoms with Gasteiger partial charge in [0.05, 0.1) is 12.0 Å². The van der Waals surface area contributed by atoms with Crippen LogP contribution in [0.25, 0.3) is 10.1 Å². The first kappa shape index (κ1) is 19.0. The minimum Gasteiger partial charge on any atom is -0.497 e. The summed E-state index contributed by atoms with van der Waals surface area (Å²) in [7, 11) is 1.66. The van der Waals surface area contributed by atoms with E-state index in [0.717, 1.165) is 52.3 Å². The van der Waals surface area contributed by atoms with Gasteiger partial charge in [-0.25, -0.2) is 0 Å². The Morgan fingerprint density at radius 2 is 2.29 bits per heavy atom. The Balaban J connectivity index is 0.00000208. The van der Waals surface area contributed by atoms with Crippen molar-refractivity contribution < 1.29 is 9.53 Å². The topological polar surface area (TPSA) is 50.4 Å². The Hall–Kier alpha value is -1.30. The molecule has 1 saturated heterocycles. The molecule has 2 aromatic rings. The summed E-state index contributed by atoms with van der Waals surface area (Å²) in [6, 6.07) is 5.97. The number of rotatable bonds is 5. The first-order valence-corrected chi connectivity index (χ1v) is 9.06. The SMILES string of the molecule is COc1ccc2sc(C(=O)NCCC3CCCNC3)c(C)c2c1.Cl. The van der Waals surface area contributed by atoms with Gasteiger partial charge in [0.25, 0.3) is 5.91 Å². The van der Waals surface area contributed by atoms with Gasteiger partial charge >= 0.3 is 0 Å². The molecule has 2 heterocycles. The highest BCUT2D eigenvalue weighted by Gasteiger charge is 2.17. The van der Waals surface area contributed by atoms with Crippen LogP contribution in [0.2, 0.25) is 0 Å². The number of aryl methyl sites for hydroxylation is 1. The van der Waals surface area contributed by atoms with Crippen molar-refractivity contribution in [3.63, 3.8) is 0 Å². The van der Waals surface area contributed by atoms with Crippen molar-refractivity contribution in [2.24, 2.45) is 5.92 Å². The van der Waals surface area contributed by atoms with E-state index in [1.165, 1.54) is 12.8 Å². The van der Waals surface area contributed by atoms with Gasteiger partial charge in [-0.1, -0.05) is 0 Å². The summed E-state index contributed by atoms with van der Waals surface area (Å²) in [5.74, 6) is 1.57. The number of amides is 1. The Morgan fingerprint density at radius 3 is 3.00 bits per heavy atom. The average Bonchev–Trinajstić information content (AvgIpc) is 2.92. The lowest BCUT2D eigenvalue weighted by Crippen LogP contribution is -2.33. The van der Waals surface area contributed by atoms with Crippen LogP contribution < -0.4 is 15.4 Å². The molecule has 1 aromatic carbocycles. The molecule has 1 amide bonds. The van der Waals surface area contributed by atoms with Crippen LogP contribution in [0.15, 0.2) is 18.2 Å². The van der Waals surface area contributed by atoms with E-state index in [9.17, 15) is 4.79 Å². The van der Waals surface area contributed by atoms with Crippen LogP contribution >= 0.6 is 23.7 Å². The molecule has 0 radical (unpaired) electrons. The zero-order valence-electron chi connectivity index (χ0n) is 14.2. The first-order valence-electron chi connectivity index (χ1n) is 8.25. The van der Waals surface area contributed by atoms with Crippen LogP contribution in [0.4, 0.5) is 0 Å². The Labute approximate surface area is 153 Å². The number of fused-ring (bicyclic) bond motifs is 1. The molecule has 4 nitrogen and oxygen atoms in total. The lowest BCUT2D eigenvalue weighted by atomic mass is 9.96. The molecule has 2 N–H and O–H groups in total. The molecule has 1 aromatic heterocycles. The number of hydrogen-bond donors (Lipinski definition) is 2. The maximum absolute atomic E-state index is 12.5. The van der Waals surface area contributed by atoms with Crippen LogP contribution in [-0.4, -0.2) is 32.7 Å². The highest BCUT2D eigenvalue weighted by atomic mass is 35.5. The number of piperidine rings is 1. The minimum absolute atomic E-state index is 0. The summed E-state index contributed by atoms with van der Waals surface area (Å²) in [5.41, 5.74) is 1.04. The first-order chi connectivity index (χ1) is 11.2. The third-order valence-corrected chi connectivity index (χ3v) is 5.86. The van der Waals surface area contributed by atoms with Gasteiger partial charge in [0.1, 0.15) is 5.75 Å². The van der Waals surface area contributed by atoms with Gasteiger partial charge in [-0.2, -0.15) is 0 Å². The van der Waals surface area contributed by atoms with Gasteiger partial charge in [0.2, 0.25) is 0 Å². The van der Waals surface area contributed by atoms with Gasteiger partial charge in [-0.3, -0.25) is 4.79 Å². The number of thiophene rings is 1. The molecule has 3 rings (SSSR count). The van der Waals surface area contributed by atoms with Crippen LogP contribution in [0.5, 0.6) is 5.75 Å². The standard InChI is InChI=1S/C18H24N2O2S.ClH/c1-12-15-10-14(22-2)5-6-16(15)23-17(12)18(21)20-9-7-13-4-3-8-19-11-13;/h5-6,10,13,19H,3-4,7-9,11H2,1-2H3,(H,20,21);1H.